The molecule has 1 aromatic rings. The number of aromatic nitrogens is 1. The highest BCUT2D eigenvalue weighted by atomic mass is 16.4. The van der Waals surface area contributed by atoms with Crippen molar-refractivity contribution in [1.82, 2.24) is 4.98 Å². The fourth-order valence-corrected chi connectivity index (χ4v) is 0.720. The molecule has 1 unspecified atom stereocenters. The second-order valence-corrected chi connectivity index (χ2v) is 2.25. The molecular weight excluding hydrogens is 142 g/mol. The van der Waals surface area contributed by atoms with Crippen molar-refractivity contribution in [3.8, 4) is 12.3 Å². The van der Waals surface area contributed by atoms with Crippen molar-refractivity contribution >= 4 is 0 Å². The highest BCUT2D eigenvalue weighted by molar-refractivity contribution is 5.00. The van der Waals surface area contributed by atoms with Gasteiger partial charge in [-0.1, -0.05) is 5.92 Å². The van der Waals surface area contributed by atoms with E-state index in [9.17, 15) is 0 Å². The van der Waals surface area contributed by atoms with Crippen LogP contribution in [0.5, 0.6) is 0 Å². The summed E-state index contributed by atoms with van der Waals surface area (Å²) < 4.78 is 5.09. The zero-order valence-electron chi connectivity index (χ0n) is 6.24. The van der Waals surface area contributed by atoms with Gasteiger partial charge in [0, 0.05) is 0 Å². The third-order valence-electron chi connectivity index (χ3n) is 1.23. The zero-order valence-corrected chi connectivity index (χ0v) is 6.24. The average molecular weight is 151 g/mol. The van der Waals surface area contributed by atoms with E-state index in [2.05, 4.69) is 10.9 Å². The monoisotopic (exact) mass is 151 g/mol. The number of oxazole rings is 1. The Bertz CT molecular complexity index is 272. The molecule has 0 saturated carbocycles. The maximum atomic E-state index is 8.98. The highest BCUT2D eigenvalue weighted by Gasteiger charge is 2.05. The standard InChI is InChI=1S/C8H9NO2/c1-3-7(10)4-8-9-5-6(2)11-8/h1,5,7,10H,4H2,2H3. The van der Waals surface area contributed by atoms with E-state index >= 15 is 0 Å². The Balaban J connectivity index is 2.59. The number of aliphatic hydroxyl groups is 1. The van der Waals surface area contributed by atoms with E-state index in [0.29, 0.717) is 5.89 Å². The number of hydrogen-bond acceptors (Lipinski definition) is 3. The van der Waals surface area contributed by atoms with Crippen molar-refractivity contribution < 1.29 is 9.52 Å². The van der Waals surface area contributed by atoms with E-state index < -0.39 is 6.10 Å². The first-order valence-corrected chi connectivity index (χ1v) is 3.28. The van der Waals surface area contributed by atoms with Crippen molar-refractivity contribution in [2.45, 2.75) is 19.4 Å². The normalized spacial score (nSPS) is 12.5. The van der Waals surface area contributed by atoms with E-state index in [1.165, 1.54) is 0 Å². The Morgan fingerprint density at radius 1 is 1.91 bits per heavy atom. The lowest BCUT2D eigenvalue weighted by Crippen LogP contribution is -2.06. The lowest BCUT2D eigenvalue weighted by atomic mass is 10.3. The Morgan fingerprint density at radius 3 is 3.09 bits per heavy atom. The highest BCUT2D eigenvalue weighted by Crippen LogP contribution is 2.03. The van der Waals surface area contributed by atoms with Crippen LogP contribution in [0.3, 0.4) is 0 Å². The van der Waals surface area contributed by atoms with Crippen LogP contribution in [0.4, 0.5) is 0 Å². The van der Waals surface area contributed by atoms with Crippen LogP contribution in [-0.2, 0) is 6.42 Å². The third kappa shape index (κ3) is 2.10. The van der Waals surface area contributed by atoms with Crippen LogP contribution in [0.25, 0.3) is 0 Å². The maximum Gasteiger partial charge on any atom is 0.197 e. The predicted octanol–water partition coefficient (Wildman–Crippen LogP) is 0.520. The molecule has 0 saturated heterocycles. The summed E-state index contributed by atoms with van der Waals surface area (Å²) in [5.74, 6) is 3.38. The molecule has 0 bridgehead atoms. The zero-order chi connectivity index (χ0) is 8.27. The summed E-state index contributed by atoms with van der Waals surface area (Å²) in [6.07, 6.45) is 6.04. The molecule has 0 aliphatic rings. The summed E-state index contributed by atoms with van der Waals surface area (Å²) in [6.45, 7) is 1.79. The van der Waals surface area contributed by atoms with Crippen LogP contribution in [0.1, 0.15) is 11.7 Å². The summed E-state index contributed by atoms with van der Waals surface area (Å²) in [5.41, 5.74) is 0. The Kier molecular flexibility index (Phi) is 2.29. The number of hydrogen-bond donors (Lipinski definition) is 1. The molecule has 0 aliphatic heterocycles. The summed E-state index contributed by atoms with van der Waals surface area (Å²) in [6, 6.07) is 0. The van der Waals surface area contributed by atoms with Gasteiger partial charge in [0.1, 0.15) is 11.9 Å². The average Bonchev–Trinajstić information content (AvgIpc) is 2.35. The smallest absolute Gasteiger partial charge is 0.197 e. The van der Waals surface area contributed by atoms with Crippen molar-refractivity contribution in [2.75, 3.05) is 0 Å². The van der Waals surface area contributed by atoms with E-state index in [-0.39, 0.29) is 6.42 Å². The van der Waals surface area contributed by atoms with Gasteiger partial charge >= 0.3 is 0 Å². The van der Waals surface area contributed by atoms with Crippen LogP contribution >= 0.6 is 0 Å². The van der Waals surface area contributed by atoms with Gasteiger partial charge in [0.2, 0.25) is 0 Å². The third-order valence-corrected chi connectivity index (χ3v) is 1.23. The lowest BCUT2D eigenvalue weighted by Gasteiger charge is -1.96. The maximum absolute atomic E-state index is 8.98. The minimum atomic E-state index is -0.798. The first kappa shape index (κ1) is 7.83. The van der Waals surface area contributed by atoms with Gasteiger partial charge < -0.3 is 9.52 Å². The first-order valence-electron chi connectivity index (χ1n) is 3.28. The van der Waals surface area contributed by atoms with Gasteiger partial charge in [-0.05, 0) is 6.92 Å². The fourth-order valence-electron chi connectivity index (χ4n) is 0.720. The molecule has 1 rings (SSSR count). The number of aryl methyl sites for hydroxylation is 1. The van der Waals surface area contributed by atoms with Crippen molar-refractivity contribution in [1.29, 1.82) is 0 Å². The molecule has 1 heterocycles. The van der Waals surface area contributed by atoms with Gasteiger partial charge in [0.05, 0.1) is 12.6 Å². The van der Waals surface area contributed by atoms with Crippen LogP contribution < -0.4 is 0 Å². The van der Waals surface area contributed by atoms with Crippen LogP contribution in [0.15, 0.2) is 10.6 Å². The molecule has 0 fully saturated rings. The number of aliphatic hydroxyl groups excluding tert-OH is 1. The molecule has 3 nitrogen and oxygen atoms in total. The van der Waals surface area contributed by atoms with Crippen LogP contribution in [0.2, 0.25) is 0 Å². The predicted molar refractivity (Wildman–Crippen MR) is 39.8 cm³/mol. The fraction of sp³-hybridized carbons (Fsp3) is 0.375. The minimum absolute atomic E-state index is 0.282. The number of rotatable bonds is 2. The Labute approximate surface area is 65.1 Å². The molecule has 1 N–H and O–H groups in total. The number of nitrogens with zero attached hydrogens (tertiary/aromatic N) is 1. The van der Waals surface area contributed by atoms with Crippen molar-refractivity contribution in [3.05, 3.63) is 17.8 Å². The summed E-state index contributed by atoms with van der Waals surface area (Å²) >= 11 is 0. The summed E-state index contributed by atoms with van der Waals surface area (Å²) in [4.78, 5) is 3.88. The molecule has 11 heavy (non-hydrogen) atoms. The van der Waals surface area contributed by atoms with Gasteiger partial charge in [-0.15, -0.1) is 6.42 Å². The molecule has 0 aromatic carbocycles. The largest absolute Gasteiger partial charge is 0.446 e. The van der Waals surface area contributed by atoms with Crippen molar-refractivity contribution in [2.24, 2.45) is 0 Å². The van der Waals surface area contributed by atoms with Gasteiger partial charge in [0.15, 0.2) is 5.89 Å². The second-order valence-electron chi connectivity index (χ2n) is 2.25. The minimum Gasteiger partial charge on any atom is -0.446 e. The van der Waals surface area contributed by atoms with Gasteiger partial charge in [-0.25, -0.2) is 4.98 Å². The Hall–Kier alpha value is -1.27. The van der Waals surface area contributed by atoms with E-state index in [1.807, 2.05) is 0 Å². The van der Waals surface area contributed by atoms with E-state index in [4.69, 9.17) is 15.9 Å². The molecule has 1 aromatic heterocycles. The van der Waals surface area contributed by atoms with Gasteiger partial charge in [-0.3, -0.25) is 0 Å². The first-order chi connectivity index (χ1) is 5.22. The SMILES string of the molecule is C#CC(O)Cc1ncc(C)o1. The molecular formula is C8H9NO2. The van der Waals surface area contributed by atoms with Gasteiger partial charge in [-0.2, -0.15) is 0 Å². The number of terminal acetylenes is 1. The Morgan fingerprint density at radius 2 is 2.64 bits per heavy atom. The van der Waals surface area contributed by atoms with Crippen LogP contribution in [-0.4, -0.2) is 16.2 Å². The van der Waals surface area contributed by atoms with E-state index in [0.717, 1.165) is 5.76 Å². The summed E-state index contributed by atoms with van der Waals surface area (Å²) in [5, 5.41) is 8.98. The second kappa shape index (κ2) is 3.22. The molecule has 1 atom stereocenters. The molecule has 3 heteroatoms. The molecule has 58 valence electrons. The van der Waals surface area contributed by atoms with Crippen LogP contribution in [0, 0.1) is 19.3 Å². The van der Waals surface area contributed by atoms with E-state index in [1.54, 1.807) is 13.1 Å². The topological polar surface area (TPSA) is 46.3 Å². The lowest BCUT2D eigenvalue weighted by molar-refractivity contribution is 0.221. The van der Waals surface area contributed by atoms with Gasteiger partial charge in [0.25, 0.3) is 0 Å². The quantitative estimate of drug-likeness (QED) is 0.627. The van der Waals surface area contributed by atoms with Crippen molar-refractivity contribution in [3.63, 3.8) is 0 Å². The molecule has 0 radical (unpaired) electrons. The molecule has 0 aliphatic carbocycles. The summed E-state index contributed by atoms with van der Waals surface area (Å²) in [7, 11) is 0. The molecule has 0 amide bonds. The molecule has 0 spiro atoms.